The number of aliphatic hydroxyl groups is 3. The van der Waals surface area contributed by atoms with Crippen molar-refractivity contribution in [1.82, 2.24) is 15.5 Å². The Morgan fingerprint density at radius 3 is 2.09 bits per heavy atom. The molecule has 0 saturated carbocycles. The molecule has 3 aliphatic heterocycles. The van der Waals surface area contributed by atoms with E-state index >= 15 is 0 Å². The first-order chi connectivity index (χ1) is 32.7. The highest BCUT2D eigenvalue weighted by atomic mass is 35.5. The summed E-state index contributed by atoms with van der Waals surface area (Å²) in [5, 5.41) is 41.3. The van der Waals surface area contributed by atoms with Gasteiger partial charge < -0.3 is 68.7 Å². The molecule has 0 radical (unpaired) electrons. The first kappa shape index (κ1) is 59.6. The van der Waals surface area contributed by atoms with Crippen molar-refractivity contribution in [3.8, 4) is 0 Å². The topological polar surface area (TPSA) is 230 Å². The number of likely N-dealkylation sites (N-methyl/N-ethyl adjacent to an activating group) is 1. The van der Waals surface area contributed by atoms with Gasteiger partial charge in [0.05, 0.1) is 48.5 Å². The van der Waals surface area contributed by atoms with E-state index in [1.807, 2.05) is 38.9 Å². The number of Topliss-reactive ketones (excluding diaryl/α,β-unsaturated/α-hetero) is 1. The lowest BCUT2D eigenvalue weighted by atomic mass is 9.74. The van der Waals surface area contributed by atoms with Crippen molar-refractivity contribution in [3.05, 3.63) is 34.9 Å². The van der Waals surface area contributed by atoms with Gasteiger partial charge in [0.25, 0.3) is 0 Å². The number of hydrogen-bond acceptors (Lipinski definition) is 16. The number of ketones is 1. The fraction of sp³-hybridized carbons (Fsp3) is 0.804. The van der Waals surface area contributed by atoms with Crippen LogP contribution in [0.3, 0.4) is 0 Å². The number of carbonyl (C=O) groups excluding carboxylic acids is 4. The van der Waals surface area contributed by atoms with Crippen LogP contribution in [0.25, 0.3) is 0 Å². The molecule has 4 rings (SSSR count). The smallest absolute Gasteiger partial charge is 0.407 e. The number of hydrogen-bond donors (Lipinski definition) is 5. The number of methoxy groups -OCH3 is 2. The predicted octanol–water partition coefficient (Wildman–Crippen LogP) is 4.97. The van der Waals surface area contributed by atoms with Crippen molar-refractivity contribution in [1.29, 1.82) is 0 Å². The Morgan fingerprint density at radius 1 is 0.871 bits per heavy atom. The molecular formula is C51H84ClN3O15. The van der Waals surface area contributed by atoms with Crippen LogP contribution in [0.15, 0.2) is 24.3 Å². The quantitative estimate of drug-likeness (QED) is 0.109. The Bertz CT molecular complexity index is 1880. The zero-order valence-corrected chi connectivity index (χ0v) is 44.7. The first-order valence-electron chi connectivity index (χ1n) is 24.9. The maximum Gasteiger partial charge on any atom is 0.407 e. The van der Waals surface area contributed by atoms with Crippen LogP contribution in [-0.4, -0.2) is 170 Å². The summed E-state index contributed by atoms with van der Waals surface area (Å²) in [6.45, 7) is 17.7. The summed E-state index contributed by atoms with van der Waals surface area (Å²) >= 11 is 6.19. The average molecular weight is 1010 g/mol. The molecule has 1 aromatic carbocycles. The summed E-state index contributed by atoms with van der Waals surface area (Å²) < 4.78 is 51.0. The molecule has 3 aliphatic rings. The number of cyclic esters (lactones) is 1. The third-order valence-electron chi connectivity index (χ3n) is 15.0. The number of esters is 1. The number of amides is 2. The summed E-state index contributed by atoms with van der Waals surface area (Å²) in [7, 11) is 6.72. The zero-order chi connectivity index (χ0) is 52.5. The van der Waals surface area contributed by atoms with Crippen molar-refractivity contribution < 1.29 is 72.4 Å². The maximum absolute atomic E-state index is 14.5. The van der Waals surface area contributed by atoms with E-state index in [9.17, 15) is 34.5 Å². The number of halogens is 1. The van der Waals surface area contributed by atoms with Gasteiger partial charge >= 0.3 is 12.1 Å². The van der Waals surface area contributed by atoms with Gasteiger partial charge in [0.1, 0.15) is 29.2 Å². The Balaban J connectivity index is 1.60. The summed E-state index contributed by atoms with van der Waals surface area (Å²) in [4.78, 5) is 56.2. The fourth-order valence-corrected chi connectivity index (χ4v) is 10.7. The van der Waals surface area contributed by atoms with Crippen LogP contribution in [0.2, 0.25) is 5.02 Å². The van der Waals surface area contributed by atoms with Crippen LogP contribution in [0, 0.1) is 23.7 Å². The Morgan fingerprint density at radius 2 is 1.49 bits per heavy atom. The molecule has 18 nitrogen and oxygen atoms in total. The number of ether oxygens (including phenoxy) is 8. The summed E-state index contributed by atoms with van der Waals surface area (Å²) in [6, 6.07) is 6.85. The molecule has 70 heavy (non-hydrogen) atoms. The molecule has 1 unspecified atom stereocenters. The summed E-state index contributed by atoms with van der Waals surface area (Å²) in [6.07, 6.45) is -8.89. The molecule has 5 N–H and O–H groups in total. The second-order valence-electron chi connectivity index (χ2n) is 20.8. The number of carbonyl (C=O) groups is 4. The third-order valence-corrected chi connectivity index (χ3v) is 15.3. The Hall–Kier alpha value is -3.01. The van der Waals surface area contributed by atoms with Gasteiger partial charge in [0.2, 0.25) is 5.91 Å². The van der Waals surface area contributed by atoms with E-state index in [1.165, 1.54) is 21.1 Å². The maximum atomic E-state index is 14.5. The van der Waals surface area contributed by atoms with Gasteiger partial charge in [-0.2, -0.15) is 0 Å². The second-order valence-corrected chi connectivity index (χ2v) is 21.2. The molecule has 0 aliphatic carbocycles. The number of nitrogens with zero attached hydrogens (tertiary/aromatic N) is 1. The lowest BCUT2D eigenvalue weighted by Crippen LogP contribution is -2.62. The van der Waals surface area contributed by atoms with E-state index in [-0.39, 0.29) is 56.1 Å². The van der Waals surface area contributed by atoms with Gasteiger partial charge in [0, 0.05) is 62.5 Å². The van der Waals surface area contributed by atoms with E-state index in [4.69, 9.17) is 49.5 Å². The van der Waals surface area contributed by atoms with Crippen LogP contribution in [0.1, 0.15) is 113 Å². The Kier molecular flexibility index (Phi) is 21.9. The van der Waals surface area contributed by atoms with E-state index < -0.39 is 108 Å². The van der Waals surface area contributed by atoms with Gasteiger partial charge in [-0.1, -0.05) is 57.5 Å². The molecule has 3 saturated heterocycles. The highest BCUT2D eigenvalue weighted by molar-refractivity contribution is 6.31. The van der Waals surface area contributed by atoms with Crippen LogP contribution in [-0.2, 0) is 58.7 Å². The largest absolute Gasteiger partial charge is 0.459 e. The molecule has 3 heterocycles. The minimum Gasteiger partial charge on any atom is -0.459 e. The van der Waals surface area contributed by atoms with E-state index in [0.29, 0.717) is 30.8 Å². The van der Waals surface area contributed by atoms with E-state index in [2.05, 4.69) is 10.6 Å². The van der Waals surface area contributed by atoms with Crippen molar-refractivity contribution in [3.63, 3.8) is 0 Å². The Labute approximate surface area is 420 Å². The number of alkyl carbamates (subject to hydrolysis) is 1. The zero-order valence-electron chi connectivity index (χ0n) is 43.9. The second kappa shape index (κ2) is 25.8. The molecule has 3 fully saturated rings. The average Bonchev–Trinajstić information content (AvgIpc) is 3.31. The number of nitrogens with one attached hydrogen (secondary N) is 2. The lowest BCUT2D eigenvalue weighted by molar-refractivity contribution is -0.319. The molecule has 0 aromatic heterocycles. The van der Waals surface area contributed by atoms with E-state index in [0.717, 1.165) is 5.56 Å². The van der Waals surface area contributed by atoms with Gasteiger partial charge in [-0.15, -0.1) is 0 Å². The molecule has 400 valence electrons. The molecule has 18 atom stereocenters. The molecule has 19 heteroatoms. The lowest BCUT2D eigenvalue weighted by Gasteiger charge is -2.50. The van der Waals surface area contributed by atoms with Crippen LogP contribution < -0.4 is 10.6 Å². The SMILES string of the molecule is CC[C@@H]1OC(=O)[C@H](C)[C@@H](O[C@H]2C[C@@](C)(OC)[C@@H](OC(=O)NCCCCNC(=O)Cc3ccccc3Cl)[C@H](C)O2)[C@@H](C)C(O[C@@H]2O[C@H](C)C[C@H](N(C)C)[C@H]2O)[C@](C)(OC)C[C@@H](C)C(=O)[C@@H](C)[C@H](O)[C@]1(C)O. The van der Waals surface area contributed by atoms with Gasteiger partial charge in [-0.3, -0.25) is 14.4 Å². The van der Waals surface area contributed by atoms with Crippen LogP contribution in [0.4, 0.5) is 4.79 Å². The summed E-state index contributed by atoms with van der Waals surface area (Å²) in [5.74, 6) is -4.95. The predicted molar refractivity (Wildman–Crippen MR) is 261 cm³/mol. The summed E-state index contributed by atoms with van der Waals surface area (Å²) in [5.41, 5.74) is -3.76. The van der Waals surface area contributed by atoms with Crippen molar-refractivity contribution in [2.75, 3.05) is 41.4 Å². The number of benzene rings is 1. The minimum absolute atomic E-state index is 0.0339. The number of unbranched alkanes of at least 4 members (excludes halogenated alkanes) is 1. The standard InChI is InChI=1S/C51H84ClN3O15/c1-15-37-51(10,62)43(59)30(4)40(57)28(2)26-49(8,63-13)44(69-47-41(58)36(55(11)12)24-29(3)65-47)31(5)42(32(6)46(60)67-37)68-39-27-50(9,64-14)45(33(7)66-39)70-48(61)54-23-19-18-22-53-38(56)25-34-20-16-17-21-35(34)52/h16-17,20-21,28-33,36-37,39,41-45,47,58-59,62H,15,18-19,22-27H2,1-14H3,(H,53,56)(H,54,61)/t28-,29-,30-,31-,32-,33+,36+,37+,39+,41-,42+,43+,44?,45+,47+,49-,50-,51-/m1/s1. The van der Waals surface area contributed by atoms with Crippen molar-refractivity contribution >= 4 is 35.4 Å². The first-order valence-corrected chi connectivity index (χ1v) is 25.3. The number of rotatable bonds is 16. The third kappa shape index (κ3) is 14.6. The fourth-order valence-electron chi connectivity index (χ4n) is 10.5. The molecule has 1 aromatic rings. The van der Waals surface area contributed by atoms with Crippen molar-refractivity contribution in [2.24, 2.45) is 23.7 Å². The van der Waals surface area contributed by atoms with Gasteiger partial charge in [0.15, 0.2) is 18.7 Å². The van der Waals surface area contributed by atoms with Crippen LogP contribution in [0.5, 0.6) is 0 Å². The number of aliphatic hydroxyl groups excluding tert-OH is 2. The highest BCUT2D eigenvalue weighted by Crippen LogP contribution is 2.42. The highest BCUT2D eigenvalue weighted by Gasteiger charge is 2.55. The van der Waals surface area contributed by atoms with Gasteiger partial charge in [-0.25, -0.2) is 4.79 Å². The molecule has 0 spiro atoms. The van der Waals surface area contributed by atoms with Crippen LogP contribution >= 0.6 is 11.6 Å². The normalized spacial score (nSPS) is 39.2. The molecular weight excluding hydrogens is 930 g/mol. The van der Waals surface area contributed by atoms with E-state index in [1.54, 1.807) is 66.7 Å². The van der Waals surface area contributed by atoms with Gasteiger partial charge in [-0.05, 0) is 99.4 Å². The molecule has 2 amide bonds. The van der Waals surface area contributed by atoms with Crippen molar-refractivity contribution in [2.45, 2.75) is 198 Å². The minimum atomic E-state index is -2.02. The molecule has 0 bridgehead atoms. The monoisotopic (exact) mass is 1010 g/mol.